The monoisotopic (exact) mass is 269 g/mol. The van der Waals surface area contributed by atoms with Gasteiger partial charge in [-0.1, -0.05) is 23.2 Å². The molecule has 0 unspecified atom stereocenters. The van der Waals surface area contributed by atoms with E-state index >= 15 is 0 Å². The molecule has 0 spiro atoms. The van der Waals surface area contributed by atoms with Crippen molar-refractivity contribution in [2.24, 2.45) is 0 Å². The van der Waals surface area contributed by atoms with Crippen LogP contribution in [0.4, 0.5) is 0 Å². The molecular formula is C11H9Cl2N3O. The summed E-state index contributed by atoms with van der Waals surface area (Å²) in [6, 6.07) is 4.89. The summed E-state index contributed by atoms with van der Waals surface area (Å²) in [5, 5.41) is 4.72. The van der Waals surface area contributed by atoms with Gasteiger partial charge in [0.05, 0.1) is 5.56 Å². The second-order valence-corrected chi connectivity index (χ2v) is 4.36. The predicted molar refractivity (Wildman–Crippen MR) is 66.1 cm³/mol. The van der Waals surface area contributed by atoms with Gasteiger partial charge < -0.3 is 0 Å². The standard InChI is InChI=1S/C11H9Cl2N3O/c1-6-5-10(13)15-16(6)11-8(7(2)17)3-4-9(12)14-11/h3-5H,1-2H3. The van der Waals surface area contributed by atoms with E-state index in [1.165, 1.54) is 11.6 Å². The number of halogens is 2. The van der Waals surface area contributed by atoms with Gasteiger partial charge in [-0.3, -0.25) is 4.79 Å². The Hall–Kier alpha value is -1.39. The van der Waals surface area contributed by atoms with E-state index in [0.29, 0.717) is 21.7 Å². The van der Waals surface area contributed by atoms with Gasteiger partial charge in [0.1, 0.15) is 5.15 Å². The first-order chi connectivity index (χ1) is 7.99. The average Bonchev–Trinajstić information content (AvgIpc) is 2.57. The summed E-state index contributed by atoms with van der Waals surface area (Å²) in [6.07, 6.45) is 0. The van der Waals surface area contributed by atoms with Crippen LogP contribution in [0.5, 0.6) is 0 Å². The zero-order valence-electron chi connectivity index (χ0n) is 9.24. The highest BCUT2D eigenvalue weighted by Gasteiger charge is 2.14. The van der Waals surface area contributed by atoms with Gasteiger partial charge in [-0.15, -0.1) is 0 Å². The van der Waals surface area contributed by atoms with Gasteiger partial charge in [0.25, 0.3) is 0 Å². The Kier molecular flexibility index (Phi) is 3.17. The zero-order chi connectivity index (χ0) is 12.6. The molecule has 0 saturated heterocycles. The number of rotatable bonds is 2. The van der Waals surface area contributed by atoms with Gasteiger partial charge in [-0.25, -0.2) is 9.67 Å². The van der Waals surface area contributed by atoms with E-state index in [0.717, 1.165) is 5.69 Å². The van der Waals surface area contributed by atoms with Crippen LogP contribution in [0.1, 0.15) is 23.0 Å². The molecule has 2 aromatic heterocycles. The first-order valence-corrected chi connectivity index (χ1v) is 5.64. The van der Waals surface area contributed by atoms with Crippen LogP contribution in [0.25, 0.3) is 5.82 Å². The maximum absolute atomic E-state index is 11.5. The van der Waals surface area contributed by atoms with Crippen molar-refractivity contribution in [3.63, 3.8) is 0 Å². The minimum atomic E-state index is -0.102. The topological polar surface area (TPSA) is 47.8 Å². The van der Waals surface area contributed by atoms with Crippen LogP contribution in [0.3, 0.4) is 0 Å². The SMILES string of the molecule is CC(=O)c1ccc(Cl)nc1-n1nc(Cl)cc1C. The van der Waals surface area contributed by atoms with Crippen molar-refractivity contribution < 1.29 is 4.79 Å². The number of nitrogens with zero attached hydrogens (tertiary/aromatic N) is 3. The third-order valence-electron chi connectivity index (χ3n) is 2.28. The van der Waals surface area contributed by atoms with Crippen LogP contribution in [-0.2, 0) is 0 Å². The van der Waals surface area contributed by atoms with E-state index in [9.17, 15) is 4.79 Å². The van der Waals surface area contributed by atoms with Gasteiger partial charge in [0, 0.05) is 5.69 Å². The number of aromatic nitrogens is 3. The van der Waals surface area contributed by atoms with E-state index in [1.54, 1.807) is 18.2 Å². The number of Topliss-reactive ketones (excluding diaryl/α,β-unsaturated/α-hetero) is 1. The molecule has 0 saturated carbocycles. The van der Waals surface area contributed by atoms with Crippen molar-refractivity contribution in [3.05, 3.63) is 39.8 Å². The minimum Gasteiger partial charge on any atom is -0.294 e. The highest BCUT2D eigenvalue weighted by Crippen LogP contribution is 2.19. The lowest BCUT2D eigenvalue weighted by Crippen LogP contribution is -2.08. The van der Waals surface area contributed by atoms with Crippen LogP contribution in [-0.4, -0.2) is 20.5 Å². The fourth-order valence-electron chi connectivity index (χ4n) is 1.51. The molecule has 0 aromatic carbocycles. The molecule has 0 aliphatic heterocycles. The lowest BCUT2D eigenvalue weighted by atomic mass is 10.2. The first-order valence-electron chi connectivity index (χ1n) is 4.89. The molecule has 2 aromatic rings. The highest BCUT2D eigenvalue weighted by atomic mass is 35.5. The van der Waals surface area contributed by atoms with Crippen LogP contribution in [0.2, 0.25) is 10.3 Å². The Bertz CT molecular complexity index is 592. The number of carbonyl (C=O) groups is 1. The van der Waals surface area contributed by atoms with E-state index in [4.69, 9.17) is 23.2 Å². The summed E-state index contributed by atoms with van der Waals surface area (Å²) in [5.41, 5.74) is 1.24. The Morgan fingerprint density at radius 2 is 2.00 bits per heavy atom. The molecule has 0 fully saturated rings. The van der Waals surface area contributed by atoms with Crippen molar-refractivity contribution in [2.75, 3.05) is 0 Å². The van der Waals surface area contributed by atoms with Crippen molar-refractivity contribution in [3.8, 4) is 5.82 Å². The van der Waals surface area contributed by atoms with E-state index in [2.05, 4.69) is 10.1 Å². The van der Waals surface area contributed by atoms with Gasteiger partial charge in [0.2, 0.25) is 0 Å². The minimum absolute atomic E-state index is 0.102. The molecule has 17 heavy (non-hydrogen) atoms. The molecule has 0 bridgehead atoms. The van der Waals surface area contributed by atoms with Crippen molar-refractivity contribution in [1.29, 1.82) is 0 Å². The van der Waals surface area contributed by atoms with Crippen molar-refractivity contribution >= 4 is 29.0 Å². The van der Waals surface area contributed by atoms with Crippen LogP contribution >= 0.6 is 23.2 Å². The second kappa shape index (κ2) is 4.47. The number of pyridine rings is 1. The summed E-state index contributed by atoms with van der Waals surface area (Å²) in [5.74, 6) is 0.296. The second-order valence-electron chi connectivity index (χ2n) is 3.58. The summed E-state index contributed by atoms with van der Waals surface area (Å²) in [7, 11) is 0. The predicted octanol–water partition coefficient (Wildman–Crippen LogP) is 3.09. The van der Waals surface area contributed by atoms with Crippen LogP contribution in [0, 0.1) is 6.92 Å². The Morgan fingerprint density at radius 3 is 2.53 bits per heavy atom. The molecule has 88 valence electrons. The zero-order valence-corrected chi connectivity index (χ0v) is 10.7. The first kappa shape index (κ1) is 12.1. The van der Waals surface area contributed by atoms with Gasteiger partial charge in [0.15, 0.2) is 16.8 Å². The molecule has 0 N–H and O–H groups in total. The Labute approximate surface area is 108 Å². The van der Waals surface area contributed by atoms with Crippen molar-refractivity contribution in [1.82, 2.24) is 14.8 Å². The summed E-state index contributed by atoms with van der Waals surface area (Å²) in [6.45, 7) is 3.29. The molecule has 4 nitrogen and oxygen atoms in total. The third-order valence-corrected chi connectivity index (χ3v) is 2.67. The fourth-order valence-corrected chi connectivity index (χ4v) is 1.89. The molecule has 2 rings (SSSR count). The third kappa shape index (κ3) is 2.33. The van der Waals surface area contributed by atoms with Gasteiger partial charge >= 0.3 is 0 Å². The van der Waals surface area contributed by atoms with Crippen molar-refractivity contribution in [2.45, 2.75) is 13.8 Å². The van der Waals surface area contributed by atoms with Gasteiger partial charge in [-0.2, -0.15) is 5.10 Å². The number of aryl methyl sites for hydroxylation is 1. The maximum atomic E-state index is 11.5. The van der Waals surface area contributed by atoms with E-state index in [1.807, 2.05) is 6.92 Å². The lowest BCUT2D eigenvalue weighted by Gasteiger charge is -2.07. The van der Waals surface area contributed by atoms with Crippen LogP contribution in [0.15, 0.2) is 18.2 Å². The molecular weight excluding hydrogens is 261 g/mol. The smallest absolute Gasteiger partial charge is 0.166 e. The summed E-state index contributed by atoms with van der Waals surface area (Å²) >= 11 is 11.6. The summed E-state index contributed by atoms with van der Waals surface area (Å²) in [4.78, 5) is 15.6. The molecule has 0 aliphatic carbocycles. The van der Waals surface area contributed by atoms with Gasteiger partial charge in [-0.05, 0) is 32.0 Å². The van der Waals surface area contributed by atoms with Crippen LogP contribution < -0.4 is 0 Å². The molecule has 0 atom stereocenters. The molecule has 2 heterocycles. The number of hydrogen-bond acceptors (Lipinski definition) is 3. The Balaban J connectivity index is 2.69. The molecule has 0 aliphatic rings. The number of carbonyl (C=O) groups excluding carboxylic acids is 1. The largest absolute Gasteiger partial charge is 0.294 e. The molecule has 0 amide bonds. The molecule has 6 heteroatoms. The normalized spacial score (nSPS) is 10.6. The maximum Gasteiger partial charge on any atom is 0.166 e. The fraction of sp³-hybridized carbons (Fsp3) is 0.182. The highest BCUT2D eigenvalue weighted by molar-refractivity contribution is 6.30. The average molecular weight is 270 g/mol. The quantitative estimate of drug-likeness (QED) is 0.622. The van der Waals surface area contributed by atoms with E-state index < -0.39 is 0 Å². The lowest BCUT2D eigenvalue weighted by molar-refractivity contribution is 0.101. The van der Waals surface area contributed by atoms with E-state index in [-0.39, 0.29) is 5.78 Å². The molecule has 0 radical (unpaired) electrons. The number of hydrogen-bond donors (Lipinski definition) is 0. The number of ketones is 1. The summed E-state index contributed by atoms with van der Waals surface area (Å²) < 4.78 is 1.50. The Morgan fingerprint density at radius 1 is 1.29 bits per heavy atom.